The van der Waals surface area contributed by atoms with E-state index in [1.807, 2.05) is 20.1 Å². The van der Waals surface area contributed by atoms with Crippen LogP contribution in [0.2, 0.25) is 0 Å². The Labute approximate surface area is 106 Å². The zero-order chi connectivity index (χ0) is 12.8. The summed E-state index contributed by atoms with van der Waals surface area (Å²) in [5, 5.41) is 12.6. The van der Waals surface area contributed by atoms with Gasteiger partial charge in [-0.1, -0.05) is 0 Å². The monoisotopic (exact) mass is 257 g/mol. The standard InChI is InChI=1S/C12H19NO3S/c1-8(13-12(15)9(2)17-3)7-10(14)11-5-4-6-16-11/h4-6,8-10,14H,7H2,1-3H3,(H,13,15). The van der Waals surface area contributed by atoms with Crippen LogP contribution in [-0.4, -0.2) is 28.6 Å². The minimum Gasteiger partial charge on any atom is -0.467 e. The van der Waals surface area contributed by atoms with Crippen molar-refractivity contribution in [3.8, 4) is 0 Å². The topological polar surface area (TPSA) is 62.5 Å². The van der Waals surface area contributed by atoms with Crippen LogP contribution in [0.1, 0.15) is 32.1 Å². The third kappa shape index (κ3) is 4.44. The van der Waals surface area contributed by atoms with Crippen LogP contribution in [0.3, 0.4) is 0 Å². The molecule has 1 aromatic heterocycles. The summed E-state index contributed by atoms with van der Waals surface area (Å²) < 4.78 is 5.10. The van der Waals surface area contributed by atoms with E-state index in [-0.39, 0.29) is 17.2 Å². The molecule has 0 aliphatic rings. The fourth-order valence-corrected chi connectivity index (χ4v) is 1.74. The average molecular weight is 257 g/mol. The minimum atomic E-state index is -0.676. The second kappa shape index (κ2) is 6.71. The Morgan fingerprint density at radius 3 is 2.82 bits per heavy atom. The van der Waals surface area contributed by atoms with E-state index in [0.717, 1.165) is 0 Å². The van der Waals surface area contributed by atoms with E-state index in [1.54, 1.807) is 12.1 Å². The van der Waals surface area contributed by atoms with E-state index in [1.165, 1.54) is 18.0 Å². The van der Waals surface area contributed by atoms with Gasteiger partial charge < -0.3 is 14.8 Å². The maximum atomic E-state index is 11.6. The number of aliphatic hydroxyl groups excluding tert-OH is 1. The number of hydrogen-bond donors (Lipinski definition) is 2. The van der Waals surface area contributed by atoms with Crippen LogP contribution in [0.25, 0.3) is 0 Å². The normalized spacial score (nSPS) is 16.2. The number of aliphatic hydroxyl groups is 1. The summed E-state index contributed by atoms with van der Waals surface area (Å²) in [4.78, 5) is 11.6. The predicted octanol–water partition coefficient (Wildman–Crippen LogP) is 1.96. The zero-order valence-electron chi connectivity index (χ0n) is 10.3. The summed E-state index contributed by atoms with van der Waals surface area (Å²) in [6, 6.07) is 3.37. The molecule has 0 aromatic carbocycles. The largest absolute Gasteiger partial charge is 0.467 e. The van der Waals surface area contributed by atoms with Crippen molar-refractivity contribution in [1.29, 1.82) is 0 Å². The molecule has 1 rings (SSSR count). The van der Waals surface area contributed by atoms with Gasteiger partial charge in [0, 0.05) is 12.5 Å². The lowest BCUT2D eigenvalue weighted by Gasteiger charge is -2.18. The molecule has 3 atom stereocenters. The van der Waals surface area contributed by atoms with E-state index < -0.39 is 6.10 Å². The molecule has 2 N–H and O–H groups in total. The van der Waals surface area contributed by atoms with Gasteiger partial charge in [0.1, 0.15) is 11.9 Å². The van der Waals surface area contributed by atoms with Crippen molar-refractivity contribution in [2.45, 2.75) is 37.7 Å². The Hall–Kier alpha value is -0.940. The van der Waals surface area contributed by atoms with Gasteiger partial charge in [-0.3, -0.25) is 4.79 Å². The lowest BCUT2D eigenvalue weighted by atomic mass is 10.1. The van der Waals surface area contributed by atoms with Crippen molar-refractivity contribution in [2.24, 2.45) is 0 Å². The molecule has 4 nitrogen and oxygen atoms in total. The molecule has 0 spiro atoms. The molecular formula is C12H19NO3S. The first-order valence-electron chi connectivity index (χ1n) is 5.59. The number of amides is 1. The van der Waals surface area contributed by atoms with Gasteiger partial charge in [0.2, 0.25) is 5.91 Å². The van der Waals surface area contributed by atoms with Gasteiger partial charge in [-0.15, -0.1) is 0 Å². The van der Waals surface area contributed by atoms with Crippen LogP contribution in [0, 0.1) is 0 Å². The van der Waals surface area contributed by atoms with Gasteiger partial charge in [0.25, 0.3) is 0 Å². The molecule has 96 valence electrons. The maximum absolute atomic E-state index is 11.6. The van der Waals surface area contributed by atoms with Crippen LogP contribution in [0.15, 0.2) is 22.8 Å². The lowest BCUT2D eigenvalue weighted by Crippen LogP contribution is -2.38. The molecule has 17 heavy (non-hydrogen) atoms. The Morgan fingerprint density at radius 2 is 2.29 bits per heavy atom. The highest BCUT2D eigenvalue weighted by Gasteiger charge is 2.18. The molecular weight excluding hydrogens is 238 g/mol. The van der Waals surface area contributed by atoms with Crippen molar-refractivity contribution >= 4 is 17.7 Å². The summed E-state index contributed by atoms with van der Waals surface area (Å²) in [5.74, 6) is 0.528. The third-order valence-electron chi connectivity index (χ3n) is 2.56. The van der Waals surface area contributed by atoms with Crippen molar-refractivity contribution in [1.82, 2.24) is 5.32 Å². The van der Waals surface area contributed by atoms with Crippen LogP contribution in [0.5, 0.6) is 0 Å². The smallest absolute Gasteiger partial charge is 0.233 e. The molecule has 0 radical (unpaired) electrons. The second-order valence-electron chi connectivity index (χ2n) is 4.05. The fraction of sp³-hybridized carbons (Fsp3) is 0.583. The van der Waals surface area contributed by atoms with Crippen molar-refractivity contribution < 1.29 is 14.3 Å². The molecule has 1 amide bonds. The molecule has 0 aliphatic heterocycles. The van der Waals surface area contributed by atoms with Crippen LogP contribution in [-0.2, 0) is 4.79 Å². The number of rotatable bonds is 6. The number of nitrogens with one attached hydrogen (secondary N) is 1. The number of furan rings is 1. The highest BCUT2D eigenvalue weighted by molar-refractivity contribution is 7.99. The molecule has 0 aliphatic carbocycles. The Kier molecular flexibility index (Phi) is 5.58. The van der Waals surface area contributed by atoms with Gasteiger partial charge in [-0.25, -0.2) is 0 Å². The van der Waals surface area contributed by atoms with Gasteiger partial charge in [0.05, 0.1) is 11.5 Å². The van der Waals surface area contributed by atoms with Gasteiger partial charge in [-0.05, 0) is 32.2 Å². The van der Waals surface area contributed by atoms with Crippen LogP contribution in [0.4, 0.5) is 0 Å². The molecule has 0 fully saturated rings. The molecule has 0 bridgehead atoms. The predicted molar refractivity (Wildman–Crippen MR) is 68.9 cm³/mol. The lowest BCUT2D eigenvalue weighted by molar-refractivity contribution is -0.121. The number of carbonyl (C=O) groups excluding carboxylic acids is 1. The van der Waals surface area contributed by atoms with Crippen LogP contribution < -0.4 is 5.32 Å². The Bertz CT molecular complexity index is 340. The first-order chi connectivity index (χ1) is 8.04. The van der Waals surface area contributed by atoms with Crippen molar-refractivity contribution in [2.75, 3.05) is 6.26 Å². The summed E-state index contributed by atoms with van der Waals surface area (Å²) >= 11 is 1.50. The quantitative estimate of drug-likeness (QED) is 0.817. The van der Waals surface area contributed by atoms with E-state index in [2.05, 4.69) is 5.32 Å². The van der Waals surface area contributed by atoms with Crippen molar-refractivity contribution in [3.05, 3.63) is 24.2 Å². The highest BCUT2D eigenvalue weighted by Crippen LogP contribution is 2.18. The third-order valence-corrected chi connectivity index (χ3v) is 3.48. The molecule has 0 saturated carbocycles. The number of hydrogen-bond acceptors (Lipinski definition) is 4. The Morgan fingerprint density at radius 1 is 1.59 bits per heavy atom. The van der Waals surface area contributed by atoms with Gasteiger partial charge in [-0.2, -0.15) is 11.8 Å². The number of carbonyl (C=O) groups is 1. The van der Waals surface area contributed by atoms with E-state index >= 15 is 0 Å². The van der Waals surface area contributed by atoms with E-state index in [9.17, 15) is 9.90 Å². The summed E-state index contributed by atoms with van der Waals surface area (Å²) in [6.45, 7) is 3.73. The summed E-state index contributed by atoms with van der Waals surface area (Å²) in [5.41, 5.74) is 0. The summed E-state index contributed by atoms with van der Waals surface area (Å²) in [6.07, 6.45) is 3.19. The van der Waals surface area contributed by atoms with E-state index in [4.69, 9.17) is 4.42 Å². The highest BCUT2D eigenvalue weighted by atomic mass is 32.2. The van der Waals surface area contributed by atoms with Gasteiger partial charge >= 0.3 is 0 Å². The van der Waals surface area contributed by atoms with Gasteiger partial charge in [0.15, 0.2) is 0 Å². The minimum absolute atomic E-state index is 0.00311. The molecule has 3 unspecified atom stereocenters. The van der Waals surface area contributed by atoms with E-state index in [0.29, 0.717) is 12.2 Å². The van der Waals surface area contributed by atoms with Crippen LogP contribution >= 0.6 is 11.8 Å². The number of thioether (sulfide) groups is 1. The molecule has 1 aromatic rings. The molecule has 1 heterocycles. The first kappa shape index (κ1) is 14.1. The Balaban J connectivity index is 2.39. The molecule has 0 saturated heterocycles. The average Bonchev–Trinajstić information content (AvgIpc) is 2.80. The summed E-state index contributed by atoms with van der Waals surface area (Å²) in [7, 11) is 0. The fourth-order valence-electron chi connectivity index (χ4n) is 1.46. The zero-order valence-corrected chi connectivity index (χ0v) is 11.2. The second-order valence-corrected chi connectivity index (χ2v) is 5.23. The molecule has 5 heteroatoms. The van der Waals surface area contributed by atoms with Crippen molar-refractivity contribution in [3.63, 3.8) is 0 Å². The first-order valence-corrected chi connectivity index (χ1v) is 6.88. The SMILES string of the molecule is CSC(C)C(=O)NC(C)CC(O)c1ccco1. The maximum Gasteiger partial charge on any atom is 0.233 e.